The fourth-order valence-corrected chi connectivity index (χ4v) is 3.58. The molecule has 6 nitrogen and oxygen atoms in total. The molecule has 1 heterocycles. The lowest BCUT2D eigenvalue weighted by atomic mass is 10.1. The Kier molecular flexibility index (Phi) is 6.65. The molecule has 130 valence electrons. The first kappa shape index (κ1) is 18.8. The van der Waals surface area contributed by atoms with Crippen LogP contribution in [-0.2, 0) is 16.4 Å². The Morgan fingerprint density at radius 2 is 1.79 bits per heavy atom. The van der Waals surface area contributed by atoms with Gasteiger partial charge in [-0.3, -0.25) is 4.72 Å². The molecule has 0 aliphatic heterocycles. The van der Waals surface area contributed by atoms with Crippen molar-refractivity contribution in [3.8, 4) is 0 Å². The number of hydrogen-bond donors (Lipinski definition) is 2. The molecule has 9 heteroatoms. The van der Waals surface area contributed by atoms with Gasteiger partial charge in [0.05, 0.1) is 5.75 Å². The molecule has 0 aliphatic rings. The van der Waals surface area contributed by atoms with Crippen LogP contribution in [-0.4, -0.2) is 30.9 Å². The first-order valence-corrected chi connectivity index (χ1v) is 9.82. The highest BCUT2D eigenvalue weighted by Crippen LogP contribution is 2.21. The minimum atomic E-state index is -3.36. The van der Waals surface area contributed by atoms with Gasteiger partial charge in [-0.05, 0) is 42.7 Å². The zero-order valence-electron chi connectivity index (χ0n) is 13.1. The molecule has 24 heavy (non-hydrogen) atoms. The Hall–Kier alpha value is -1.57. The third kappa shape index (κ3) is 5.81. The van der Waals surface area contributed by atoms with E-state index in [2.05, 4.69) is 20.2 Å². The summed E-state index contributed by atoms with van der Waals surface area (Å²) in [4.78, 5) is 0. The van der Waals surface area contributed by atoms with Crippen LogP contribution < -0.4 is 10.0 Å². The second-order valence-corrected chi connectivity index (χ2v) is 7.82. The van der Waals surface area contributed by atoms with Gasteiger partial charge in [0.2, 0.25) is 10.0 Å². The molecule has 0 spiro atoms. The van der Waals surface area contributed by atoms with Crippen LogP contribution in [0.1, 0.15) is 18.9 Å². The van der Waals surface area contributed by atoms with Gasteiger partial charge >= 0.3 is 0 Å². The summed E-state index contributed by atoms with van der Waals surface area (Å²) >= 11 is 12.0. The zero-order chi connectivity index (χ0) is 17.6. The monoisotopic (exact) mass is 388 g/mol. The number of benzene rings is 1. The van der Waals surface area contributed by atoms with Crippen molar-refractivity contribution in [2.45, 2.75) is 19.8 Å². The van der Waals surface area contributed by atoms with Crippen LogP contribution in [0.25, 0.3) is 0 Å². The average molecular weight is 389 g/mol. The van der Waals surface area contributed by atoms with E-state index in [-0.39, 0.29) is 11.6 Å². The van der Waals surface area contributed by atoms with Gasteiger partial charge < -0.3 is 5.32 Å². The molecule has 0 bridgehead atoms. The van der Waals surface area contributed by atoms with Gasteiger partial charge in [-0.1, -0.05) is 36.2 Å². The summed E-state index contributed by atoms with van der Waals surface area (Å²) in [6.45, 7) is 2.40. The lowest BCUT2D eigenvalue weighted by Crippen LogP contribution is -2.17. The van der Waals surface area contributed by atoms with E-state index in [4.69, 9.17) is 23.2 Å². The molecule has 2 aromatic rings. The highest BCUT2D eigenvalue weighted by Gasteiger charge is 2.10. The van der Waals surface area contributed by atoms with Crippen molar-refractivity contribution in [3.63, 3.8) is 0 Å². The van der Waals surface area contributed by atoms with Crippen LogP contribution in [0.15, 0.2) is 30.3 Å². The molecule has 0 saturated heterocycles. The van der Waals surface area contributed by atoms with E-state index in [0.29, 0.717) is 35.2 Å². The van der Waals surface area contributed by atoms with E-state index in [1.165, 1.54) is 0 Å². The third-order valence-corrected chi connectivity index (χ3v) is 5.17. The first-order chi connectivity index (χ1) is 11.4. The van der Waals surface area contributed by atoms with E-state index < -0.39 is 10.0 Å². The summed E-state index contributed by atoms with van der Waals surface area (Å²) in [5, 5.41) is 12.1. The molecular weight excluding hydrogens is 371 g/mol. The van der Waals surface area contributed by atoms with Gasteiger partial charge in [0.25, 0.3) is 0 Å². The van der Waals surface area contributed by atoms with Crippen LogP contribution in [0.5, 0.6) is 0 Å². The van der Waals surface area contributed by atoms with E-state index in [1.807, 2.05) is 6.07 Å². The summed E-state index contributed by atoms with van der Waals surface area (Å²) < 4.78 is 25.7. The maximum atomic E-state index is 11.7. The Morgan fingerprint density at radius 1 is 1.08 bits per heavy atom. The molecule has 2 N–H and O–H groups in total. The summed E-state index contributed by atoms with van der Waals surface area (Å²) in [6.07, 6.45) is 1.23. The van der Waals surface area contributed by atoms with Gasteiger partial charge in [-0.2, -0.15) is 0 Å². The molecule has 2 rings (SSSR count). The molecule has 0 fully saturated rings. The Morgan fingerprint density at radius 3 is 2.42 bits per heavy atom. The summed E-state index contributed by atoms with van der Waals surface area (Å²) in [5.41, 5.74) is 0.977. The van der Waals surface area contributed by atoms with Crippen LogP contribution in [0.4, 0.5) is 11.6 Å². The predicted octanol–water partition coefficient (Wildman–Crippen LogP) is 3.59. The minimum absolute atomic E-state index is 0.0521. The number of nitrogens with zero attached hydrogens (tertiary/aromatic N) is 2. The van der Waals surface area contributed by atoms with Gasteiger partial charge in [0.15, 0.2) is 5.82 Å². The number of halogens is 2. The number of anilines is 2. The minimum Gasteiger partial charge on any atom is -0.368 e. The smallest absolute Gasteiger partial charge is 0.233 e. The second-order valence-electron chi connectivity index (χ2n) is 5.14. The molecule has 0 unspecified atom stereocenters. The topological polar surface area (TPSA) is 84.0 Å². The van der Waals surface area contributed by atoms with Gasteiger partial charge in [0.1, 0.15) is 5.82 Å². The molecule has 0 saturated carbocycles. The van der Waals surface area contributed by atoms with Gasteiger partial charge in [-0.15, -0.1) is 10.2 Å². The lowest BCUT2D eigenvalue weighted by molar-refractivity contribution is 0.599. The van der Waals surface area contributed by atoms with E-state index in [1.54, 1.807) is 31.2 Å². The average Bonchev–Trinajstić information content (AvgIpc) is 2.51. The van der Waals surface area contributed by atoms with Crippen molar-refractivity contribution >= 4 is 44.9 Å². The fraction of sp³-hybridized carbons (Fsp3) is 0.333. The lowest BCUT2D eigenvalue weighted by Gasteiger charge is -2.08. The van der Waals surface area contributed by atoms with Crippen molar-refractivity contribution in [3.05, 3.63) is 45.9 Å². The quantitative estimate of drug-likeness (QED) is 0.721. The Bertz CT molecular complexity index is 783. The van der Waals surface area contributed by atoms with Crippen molar-refractivity contribution in [2.24, 2.45) is 0 Å². The number of hydrogen-bond acceptors (Lipinski definition) is 5. The molecule has 1 aromatic carbocycles. The summed E-state index contributed by atoms with van der Waals surface area (Å²) in [7, 11) is -3.36. The van der Waals surface area contributed by atoms with Crippen LogP contribution in [0.2, 0.25) is 10.0 Å². The van der Waals surface area contributed by atoms with Crippen LogP contribution >= 0.6 is 23.2 Å². The Labute approximate surface area is 151 Å². The maximum absolute atomic E-state index is 11.7. The van der Waals surface area contributed by atoms with Crippen LogP contribution in [0.3, 0.4) is 0 Å². The molecule has 0 amide bonds. The molecule has 1 aromatic heterocycles. The van der Waals surface area contributed by atoms with Crippen molar-refractivity contribution in [2.75, 3.05) is 22.3 Å². The molecule has 0 radical (unpaired) electrons. The maximum Gasteiger partial charge on any atom is 0.233 e. The van der Waals surface area contributed by atoms with E-state index in [9.17, 15) is 8.42 Å². The van der Waals surface area contributed by atoms with Crippen molar-refractivity contribution < 1.29 is 8.42 Å². The predicted molar refractivity (Wildman–Crippen MR) is 98.4 cm³/mol. The van der Waals surface area contributed by atoms with Crippen molar-refractivity contribution in [1.82, 2.24) is 10.2 Å². The number of rotatable bonds is 8. The highest BCUT2D eigenvalue weighted by atomic mass is 35.5. The van der Waals surface area contributed by atoms with Crippen LogP contribution in [0, 0.1) is 0 Å². The first-order valence-electron chi connectivity index (χ1n) is 7.41. The Balaban J connectivity index is 1.88. The SMILES string of the molecule is CCCS(=O)(=O)Nc1ccc(NCCc2ccc(Cl)cc2Cl)nn1. The normalized spacial score (nSPS) is 11.3. The van der Waals surface area contributed by atoms with E-state index >= 15 is 0 Å². The highest BCUT2D eigenvalue weighted by molar-refractivity contribution is 7.92. The zero-order valence-corrected chi connectivity index (χ0v) is 15.4. The molecule has 0 atom stereocenters. The third-order valence-electron chi connectivity index (χ3n) is 3.11. The van der Waals surface area contributed by atoms with Crippen molar-refractivity contribution in [1.29, 1.82) is 0 Å². The van der Waals surface area contributed by atoms with E-state index in [0.717, 1.165) is 5.56 Å². The fourth-order valence-electron chi connectivity index (χ4n) is 2.01. The number of sulfonamides is 1. The number of nitrogens with one attached hydrogen (secondary N) is 2. The van der Waals surface area contributed by atoms with Gasteiger partial charge in [0, 0.05) is 16.6 Å². The largest absolute Gasteiger partial charge is 0.368 e. The standard InChI is InChI=1S/C15H18Cl2N4O2S/c1-2-9-24(22,23)21-15-6-5-14(19-20-15)18-8-7-11-3-4-12(16)10-13(11)17/h3-6,10H,2,7-9H2,1H3,(H,18,19)(H,20,21). The van der Waals surface area contributed by atoms with Gasteiger partial charge in [-0.25, -0.2) is 8.42 Å². The summed E-state index contributed by atoms with van der Waals surface area (Å²) in [5.74, 6) is 0.810. The second kappa shape index (κ2) is 8.50. The molecular formula is C15H18Cl2N4O2S. The molecule has 0 aliphatic carbocycles. The number of aromatic nitrogens is 2. The summed E-state index contributed by atoms with van der Waals surface area (Å²) in [6, 6.07) is 8.61.